The minimum atomic E-state index is -0.146. The van der Waals surface area contributed by atoms with E-state index in [1.54, 1.807) is 0 Å². The summed E-state index contributed by atoms with van der Waals surface area (Å²) in [7, 11) is 8.41. The molecule has 0 aliphatic rings. The molecule has 0 amide bonds. The molecule has 0 nitrogen and oxygen atoms in total. The predicted molar refractivity (Wildman–Crippen MR) is 43.3 cm³/mol. The van der Waals surface area contributed by atoms with Crippen molar-refractivity contribution in [2.24, 2.45) is 5.41 Å². The van der Waals surface area contributed by atoms with Gasteiger partial charge in [0.2, 0.25) is 0 Å². The highest BCUT2D eigenvalue weighted by Gasteiger charge is 2.26. The standard InChI is InChI=1S/C6H14BP/c1-5(2,3)6(4,7)8/h8H2,1-4H3. The molecule has 2 unspecified atom stereocenters. The molecule has 0 aliphatic heterocycles. The molecule has 0 spiro atoms. The van der Waals surface area contributed by atoms with Gasteiger partial charge in [0.1, 0.15) is 0 Å². The maximum absolute atomic E-state index is 5.78. The lowest BCUT2D eigenvalue weighted by atomic mass is 9.69. The van der Waals surface area contributed by atoms with Gasteiger partial charge in [-0.3, -0.25) is 0 Å². The maximum atomic E-state index is 5.78. The van der Waals surface area contributed by atoms with E-state index >= 15 is 0 Å². The van der Waals surface area contributed by atoms with Gasteiger partial charge < -0.3 is 0 Å². The largest absolute Gasteiger partial charge is 0.140 e. The Morgan fingerprint density at radius 1 is 1.12 bits per heavy atom. The Hall–Kier alpha value is 0.495. The summed E-state index contributed by atoms with van der Waals surface area (Å²) < 4.78 is 0. The molecule has 2 atom stereocenters. The zero-order valence-corrected chi connectivity index (χ0v) is 7.31. The molecule has 0 aliphatic carbocycles. The topological polar surface area (TPSA) is 0 Å². The van der Waals surface area contributed by atoms with Crippen LogP contribution in [0.4, 0.5) is 0 Å². The van der Waals surface area contributed by atoms with Gasteiger partial charge in [-0.15, -0.1) is 9.24 Å². The normalized spacial score (nSPS) is 20.1. The summed E-state index contributed by atoms with van der Waals surface area (Å²) >= 11 is 0. The third-order valence-corrected chi connectivity index (χ3v) is 2.48. The van der Waals surface area contributed by atoms with Crippen LogP contribution in [0.2, 0.25) is 0 Å². The van der Waals surface area contributed by atoms with Gasteiger partial charge >= 0.3 is 0 Å². The van der Waals surface area contributed by atoms with Gasteiger partial charge in [-0.2, -0.15) is 0 Å². The molecule has 0 bridgehead atoms. The van der Waals surface area contributed by atoms with Crippen molar-refractivity contribution in [3.8, 4) is 0 Å². The van der Waals surface area contributed by atoms with Crippen molar-refractivity contribution in [1.29, 1.82) is 0 Å². The van der Waals surface area contributed by atoms with Gasteiger partial charge in [-0.1, -0.05) is 27.7 Å². The fraction of sp³-hybridized carbons (Fsp3) is 1.00. The van der Waals surface area contributed by atoms with Crippen LogP contribution in [0.15, 0.2) is 0 Å². The third-order valence-electron chi connectivity index (χ3n) is 1.62. The fourth-order valence-corrected chi connectivity index (χ4v) is 0. The van der Waals surface area contributed by atoms with Crippen LogP contribution in [0.3, 0.4) is 0 Å². The van der Waals surface area contributed by atoms with Gasteiger partial charge in [0, 0.05) is 0 Å². The van der Waals surface area contributed by atoms with Crippen molar-refractivity contribution in [3.05, 3.63) is 0 Å². The molecule has 2 heteroatoms. The van der Waals surface area contributed by atoms with Crippen LogP contribution in [-0.4, -0.2) is 12.9 Å². The first-order valence-electron chi connectivity index (χ1n) is 2.83. The molecule has 0 aromatic rings. The SMILES string of the molecule is [B]C(C)(P)C(C)(C)C. The average molecular weight is 128 g/mol. The summed E-state index contributed by atoms with van der Waals surface area (Å²) in [6.07, 6.45) is 0. The Balaban J connectivity index is 4.02. The van der Waals surface area contributed by atoms with E-state index in [4.69, 9.17) is 7.85 Å². The molecule has 0 fully saturated rings. The molecular formula is C6H14BP. The van der Waals surface area contributed by atoms with Crippen molar-refractivity contribution in [2.75, 3.05) is 0 Å². The molecule has 0 heterocycles. The molecule has 8 heavy (non-hydrogen) atoms. The Kier molecular flexibility index (Phi) is 2.15. The average Bonchev–Trinajstić information content (AvgIpc) is 1.25. The minimum Gasteiger partial charge on any atom is -0.140 e. The third kappa shape index (κ3) is 2.18. The predicted octanol–water partition coefficient (Wildman–Crippen LogP) is 1.79. The molecule has 0 aromatic carbocycles. The first kappa shape index (κ1) is 8.49. The summed E-state index contributed by atoms with van der Waals surface area (Å²) in [6, 6.07) is 0. The maximum Gasteiger partial charge on any atom is 0.0806 e. The molecular weight excluding hydrogens is 114 g/mol. The monoisotopic (exact) mass is 128 g/mol. The number of hydrogen-bond donors (Lipinski definition) is 0. The minimum absolute atomic E-state index is 0.146. The van der Waals surface area contributed by atoms with Crippen LogP contribution < -0.4 is 0 Å². The van der Waals surface area contributed by atoms with Crippen LogP contribution >= 0.6 is 9.24 Å². The van der Waals surface area contributed by atoms with Crippen molar-refractivity contribution < 1.29 is 0 Å². The van der Waals surface area contributed by atoms with Crippen LogP contribution in [0.5, 0.6) is 0 Å². The van der Waals surface area contributed by atoms with E-state index < -0.39 is 0 Å². The summed E-state index contributed by atoms with van der Waals surface area (Å²) in [4.78, 5) is 0. The van der Waals surface area contributed by atoms with E-state index in [1.165, 1.54) is 0 Å². The molecule has 0 rings (SSSR count). The van der Waals surface area contributed by atoms with Crippen molar-refractivity contribution in [1.82, 2.24) is 0 Å². The van der Waals surface area contributed by atoms with Crippen molar-refractivity contribution in [3.63, 3.8) is 0 Å². The summed E-state index contributed by atoms with van der Waals surface area (Å²) in [5.74, 6) is 0. The van der Waals surface area contributed by atoms with Crippen LogP contribution in [0.25, 0.3) is 0 Å². The Labute approximate surface area is 56.0 Å². The Bertz CT molecular complexity index is 63.5. The highest BCUT2D eigenvalue weighted by atomic mass is 31.0. The van der Waals surface area contributed by atoms with Gasteiger partial charge in [-0.05, 0) is 10.5 Å². The number of hydrogen-bond acceptors (Lipinski definition) is 0. The summed E-state index contributed by atoms with van der Waals surface area (Å²) in [6.45, 7) is 8.39. The lowest BCUT2D eigenvalue weighted by Crippen LogP contribution is -2.33. The van der Waals surface area contributed by atoms with E-state index in [0.717, 1.165) is 0 Å². The highest BCUT2D eigenvalue weighted by Crippen LogP contribution is 2.34. The van der Waals surface area contributed by atoms with Gasteiger partial charge in [-0.25, -0.2) is 0 Å². The first-order valence-corrected chi connectivity index (χ1v) is 3.40. The molecule has 46 valence electrons. The molecule has 0 aromatic heterocycles. The number of rotatable bonds is 0. The van der Waals surface area contributed by atoms with Gasteiger partial charge in [0.25, 0.3) is 0 Å². The molecule has 0 saturated carbocycles. The van der Waals surface area contributed by atoms with Gasteiger partial charge in [0.15, 0.2) is 0 Å². The van der Waals surface area contributed by atoms with Crippen molar-refractivity contribution >= 4 is 17.1 Å². The lowest BCUT2D eigenvalue weighted by Gasteiger charge is -2.35. The quantitative estimate of drug-likeness (QED) is 0.344. The van der Waals surface area contributed by atoms with E-state index in [1.807, 2.05) is 6.92 Å². The molecule has 2 radical (unpaired) electrons. The second-order valence-corrected chi connectivity index (χ2v) is 4.73. The lowest BCUT2D eigenvalue weighted by molar-refractivity contribution is 0.377. The first-order chi connectivity index (χ1) is 3.25. The van der Waals surface area contributed by atoms with E-state index in [0.29, 0.717) is 0 Å². The van der Waals surface area contributed by atoms with Crippen molar-refractivity contribution in [2.45, 2.75) is 32.8 Å². The molecule has 0 N–H and O–H groups in total. The van der Waals surface area contributed by atoms with E-state index in [-0.39, 0.29) is 10.5 Å². The second kappa shape index (κ2) is 2.03. The zero-order valence-electron chi connectivity index (χ0n) is 6.15. The Morgan fingerprint density at radius 2 is 1.25 bits per heavy atom. The van der Waals surface area contributed by atoms with Crippen LogP contribution in [-0.2, 0) is 0 Å². The van der Waals surface area contributed by atoms with E-state index in [9.17, 15) is 0 Å². The summed E-state index contributed by atoms with van der Waals surface area (Å²) in [5.41, 5.74) is 0.178. The van der Waals surface area contributed by atoms with Gasteiger partial charge in [0.05, 0.1) is 7.85 Å². The van der Waals surface area contributed by atoms with Crippen LogP contribution in [0, 0.1) is 5.41 Å². The summed E-state index contributed by atoms with van der Waals surface area (Å²) in [5, 5.41) is -0.146. The highest BCUT2D eigenvalue weighted by molar-refractivity contribution is 7.22. The fourth-order valence-electron chi connectivity index (χ4n) is 0. The zero-order chi connectivity index (χ0) is 7.00. The second-order valence-electron chi connectivity index (χ2n) is 3.53. The molecule has 0 saturated heterocycles. The Morgan fingerprint density at radius 3 is 1.25 bits per heavy atom. The smallest absolute Gasteiger partial charge is 0.0806 e. The van der Waals surface area contributed by atoms with Crippen LogP contribution in [0.1, 0.15) is 27.7 Å². The van der Waals surface area contributed by atoms with E-state index in [2.05, 4.69) is 30.0 Å².